The highest BCUT2D eigenvalue weighted by atomic mass is 35.5. The van der Waals surface area contributed by atoms with Crippen molar-refractivity contribution in [3.05, 3.63) is 33.8 Å². The number of urea groups is 1. The van der Waals surface area contributed by atoms with E-state index in [9.17, 15) is 9.59 Å². The SMILES string of the molecule is CCc1nnc(NC(=O)Nc2cc(Cl)cc(C(=O)O)c2)s1. The van der Waals surface area contributed by atoms with Crippen LogP contribution in [0.2, 0.25) is 5.02 Å². The van der Waals surface area contributed by atoms with Crippen molar-refractivity contribution in [1.29, 1.82) is 0 Å². The summed E-state index contributed by atoms with van der Waals surface area (Å²) in [7, 11) is 0. The third-order valence-corrected chi connectivity index (χ3v) is 3.59. The van der Waals surface area contributed by atoms with Gasteiger partial charge in [0, 0.05) is 10.7 Å². The van der Waals surface area contributed by atoms with Crippen LogP contribution in [0, 0.1) is 0 Å². The third kappa shape index (κ3) is 4.14. The lowest BCUT2D eigenvalue weighted by Gasteiger charge is -2.06. The Morgan fingerprint density at radius 3 is 2.67 bits per heavy atom. The average molecular weight is 327 g/mol. The maximum absolute atomic E-state index is 11.8. The molecule has 7 nitrogen and oxygen atoms in total. The molecule has 0 saturated heterocycles. The Hall–Kier alpha value is -2.19. The van der Waals surface area contributed by atoms with Gasteiger partial charge >= 0.3 is 12.0 Å². The molecule has 0 fully saturated rings. The van der Waals surface area contributed by atoms with Crippen molar-refractivity contribution < 1.29 is 14.7 Å². The molecule has 1 aromatic carbocycles. The fourth-order valence-corrected chi connectivity index (χ4v) is 2.40. The molecule has 0 aliphatic carbocycles. The van der Waals surface area contributed by atoms with Crippen LogP contribution in [-0.2, 0) is 6.42 Å². The summed E-state index contributed by atoms with van der Waals surface area (Å²) in [5, 5.41) is 23.0. The number of carboxylic acids is 1. The summed E-state index contributed by atoms with van der Waals surface area (Å²) in [6, 6.07) is 3.51. The molecule has 0 aliphatic rings. The van der Waals surface area contributed by atoms with Crippen molar-refractivity contribution in [1.82, 2.24) is 10.2 Å². The van der Waals surface area contributed by atoms with Crippen LogP contribution in [0.25, 0.3) is 0 Å². The first kappa shape index (κ1) is 15.2. The molecule has 9 heteroatoms. The van der Waals surface area contributed by atoms with Gasteiger partial charge in [-0.2, -0.15) is 0 Å². The maximum atomic E-state index is 11.8. The molecule has 0 bridgehead atoms. The smallest absolute Gasteiger partial charge is 0.335 e. The predicted molar refractivity (Wildman–Crippen MR) is 80.3 cm³/mol. The summed E-state index contributed by atoms with van der Waals surface area (Å²) in [6.07, 6.45) is 0.733. The molecular formula is C12H11ClN4O3S. The van der Waals surface area contributed by atoms with Crippen LogP contribution in [0.3, 0.4) is 0 Å². The number of nitrogens with zero attached hydrogens (tertiary/aromatic N) is 2. The number of carboxylic acid groups (broad SMARTS) is 1. The lowest BCUT2D eigenvalue weighted by Crippen LogP contribution is -2.19. The molecule has 2 rings (SSSR count). The number of aromatic nitrogens is 2. The minimum absolute atomic E-state index is 0.0121. The van der Waals surface area contributed by atoms with Crippen LogP contribution in [-0.4, -0.2) is 27.3 Å². The van der Waals surface area contributed by atoms with Crippen molar-refractivity contribution in [2.24, 2.45) is 0 Å². The monoisotopic (exact) mass is 326 g/mol. The summed E-state index contributed by atoms with van der Waals surface area (Å²) in [6.45, 7) is 1.93. The van der Waals surface area contributed by atoms with Gasteiger partial charge in [0.2, 0.25) is 5.13 Å². The molecule has 0 unspecified atom stereocenters. The number of halogens is 1. The highest BCUT2D eigenvalue weighted by Crippen LogP contribution is 2.20. The highest BCUT2D eigenvalue weighted by molar-refractivity contribution is 7.15. The molecule has 1 heterocycles. The Bertz CT molecular complexity index is 689. The lowest BCUT2D eigenvalue weighted by molar-refractivity contribution is 0.0697. The number of nitrogens with one attached hydrogen (secondary N) is 2. The Balaban J connectivity index is 2.07. The zero-order valence-electron chi connectivity index (χ0n) is 10.9. The van der Waals surface area contributed by atoms with E-state index in [0.717, 1.165) is 11.4 Å². The first-order valence-electron chi connectivity index (χ1n) is 5.92. The van der Waals surface area contributed by atoms with Gasteiger partial charge in [0.15, 0.2) is 0 Å². The normalized spacial score (nSPS) is 10.2. The van der Waals surface area contributed by atoms with Crippen LogP contribution in [0.1, 0.15) is 22.3 Å². The van der Waals surface area contributed by atoms with Gasteiger partial charge in [-0.15, -0.1) is 10.2 Å². The van der Waals surface area contributed by atoms with Crippen molar-refractivity contribution in [3.8, 4) is 0 Å². The van der Waals surface area contributed by atoms with E-state index in [1.165, 1.54) is 29.5 Å². The van der Waals surface area contributed by atoms with E-state index in [1.54, 1.807) is 0 Å². The second-order valence-electron chi connectivity index (χ2n) is 3.97. The number of carbonyl (C=O) groups is 2. The second-order valence-corrected chi connectivity index (χ2v) is 5.47. The summed E-state index contributed by atoms with van der Waals surface area (Å²) >= 11 is 7.07. The molecule has 0 aliphatic heterocycles. The van der Waals surface area contributed by atoms with E-state index in [1.807, 2.05) is 6.92 Å². The largest absolute Gasteiger partial charge is 0.478 e. The molecule has 2 aromatic rings. The zero-order valence-corrected chi connectivity index (χ0v) is 12.5. The Morgan fingerprint density at radius 1 is 1.29 bits per heavy atom. The molecule has 2 amide bonds. The van der Waals surface area contributed by atoms with Crippen LogP contribution in [0.4, 0.5) is 15.6 Å². The number of hydrogen-bond acceptors (Lipinski definition) is 5. The van der Waals surface area contributed by atoms with E-state index in [-0.39, 0.29) is 16.3 Å². The number of aryl methyl sites for hydroxylation is 1. The van der Waals surface area contributed by atoms with Crippen LogP contribution in [0.5, 0.6) is 0 Å². The number of amides is 2. The Kier molecular flexibility index (Phi) is 4.71. The summed E-state index contributed by atoms with van der Waals surface area (Å²) < 4.78 is 0. The van der Waals surface area contributed by atoms with Gasteiger partial charge < -0.3 is 10.4 Å². The summed E-state index contributed by atoms with van der Waals surface area (Å²) in [5.41, 5.74) is 0.264. The maximum Gasteiger partial charge on any atom is 0.335 e. The zero-order chi connectivity index (χ0) is 15.4. The van der Waals surface area contributed by atoms with E-state index < -0.39 is 12.0 Å². The molecular weight excluding hydrogens is 316 g/mol. The standard InChI is InChI=1S/C12H11ClN4O3S/c1-2-9-16-17-12(21-9)15-11(20)14-8-4-6(10(18)19)3-7(13)5-8/h3-5H,2H2,1H3,(H,18,19)(H2,14,15,17,20). The minimum atomic E-state index is -1.13. The van der Waals surface area contributed by atoms with Gasteiger partial charge in [-0.3, -0.25) is 5.32 Å². The number of anilines is 2. The molecule has 21 heavy (non-hydrogen) atoms. The van der Waals surface area contributed by atoms with Gasteiger partial charge in [-0.1, -0.05) is 29.9 Å². The van der Waals surface area contributed by atoms with Crippen molar-refractivity contribution in [3.63, 3.8) is 0 Å². The Labute approximate surface area is 129 Å². The van der Waals surface area contributed by atoms with Crippen molar-refractivity contribution >= 4 is 45.8 Å². The first-order valence-corrected chi connectivity index (χ1v) is 7.11. The van der Waals surface area contributed by atoms with Crippen molar-refractivity contribution in [2.75, 3.05) is 10.6 Å². The van der Waals surface area contributed by atoms with Gasteiger partial charge in [0.25, 0.3) is 0 Å². The number of hydrogen-bond donors (Lipinski definition) is 3. The van der Waals surface area contributed by atoms with E-state index in [4.69, 9.17) is 16.7 Å². The number of rotatable bonds is 4. The number of carbonyl (C=O) groups excluding carboxylic acids is 1. The summed E-state index contributed by atoms with van der Waals surface area (Å²) in [5.74, 6) is -1.13. The molecule has 0 saturated carbocycles. The van der Waals surface area contributed by atoms with Gasteiger partial charge in [0.05, 0.1) is 5.56 Å². The van der Waals surface area contributed by atoms with E-state index in [2.05, 4.69) is 20.8 Å². The first-order chi connectivity index (χ1) is 9.97. The average Bonchev–Trinajstić information content (AvgIpc) is 2.85. The topological polar surface area (TPSA) is 104 Å². The van der Waals surface area contributed by atoms with Crippen LogP contribution < -0.4 is 10.6 Å². The van der Waals surface area contributed by atoms with Gasteiger partial charge in [0.1, 0.15) is 5.01 Å². The van der Waals surface area contributed by atoms with Crippen LogP contribution in [0.15, 0.2) is 18.2 Å². The molecule has 110 valence electrons. The fourth-order valence-electron chi connectivity index (χ4n) is 1.49. The summed E-state index contributed by atoms with van der Waals surface area (Å²) in [4.78, 5) is 22.7. The molecule has 0 radical (unpaired) electrons. The molecule has 3 N–H and O–H groups in total. The quantitative estimate of drug-likeness (QED) is 0.800. The predicted octanol–water partition coefficient (Wildman–Crippen LogP) is 3.10. The molecule has 0 spiro atoms. The minimum Gasteiger partial charge on any atom is -0.478 e. The highest BCUT2D eigenvalue weighted by Gasteiger charge is 2.10. The number of aromatic carboxylic acids is 1. The van der Waals surface area contributed by atoms with Crippen molar-refractivity contribution in [2.45, 2.75) is 13.3 Å². The van der Waals surface area contributed by atoms with Gasteiger partial charge in [-0.25, -0.2) is 9.59 Å². The fraction of sp³-hybridized carbons (Fsp3) is 0.167. The van der Waals surface area contributed by atoms with E-state index in [0.29, 0.717) is 5.13 Å². The second kappa shape index (κ2) is 6.51. The number of benzene rings is 1. The lowest BCUT2D eigenvalue weighted by atomic mass is 10.2. The third-order valence-electron chi connectivity index (χ3n) is 2.39. The molecule has 1 aromatic heterocycles. The Morgan fingerprint density at radius 2 is 2.05 bits per heavy atom. The molecule has 0 atom stereocenters. The van der Waals surface area contributed by atoms with Crippen LogP contribution >= 0.6 is 22.9 Å². The van der Waals surface area contributed by atoms with Gasteiger partial charge in [-0.05, 0) is 24.6 Å². The van der Waals surface area contributed by atoms with E-state index >= 15 is 0 Å².